The summed E-state index contributed by atoms with van der Waals surface area (Å²) in [5.74, 6) is -0.488. The van der Waals surface area contributed by atoms with Crippen molar-refractivity contribution in [2.24, 2.45) is 0 Å². The first-order chi connectivity index (χ1) is 8.79. The van der Waals surface area contributed by atoms with Crippen molar-refractivity contribution in [1.82, 2.24) is 0 Å². The van der Waals surface area contributed by atoms with E-state index >= 15 is 0 Å². The van der Waals surface area contributed by atoms with Crippen LogP contribution in [0.25, 0.3) is 0 Å². The van der Waals surface area contributed by atoms with Crippen LogP contribution in [-0.2, 0) is 36.1 Å². The summed E-state index contributed by atoms with van der Waals surface area (Å²) in [5.41, 5.74) is 0.652. The van der Waals surface area contributed by atoms with Crippen LogP contribution in [0.4, 0.5) is 0 Å². The van der Waals surface area contributed by atoms with Gasteiger partial charge in [0.15, 0.2) is 6.29 Å². The number of esters is 1. The maximum Gasteiger partial charge on any atom is 0 e. The summed E-state index contributed by atoms with van der Waals surface area (Å²) >= 11 is 0. The Morgan fingerprint density at radius 2 is 1.53 bits per heavy atom. The molecule has 98 valence electrons. The van der Waals surface area contributed by atoms with Crippen molar-refractivity contribution in [1.29, 1.82) is 0 Å². The number of hydrogen-bond acceptors (Lipinski definition) is 3. The van der Waals surface area contributed by atoms with E-state index in [4.69, 9.17) is 14.0 Å². The third-order valence-electron chi connectivity index (χ3n) is 1.49. The molecule has 0 amide bonds. The van der Waals surface area contributed by atoms with E-state index in [-0.39, 0.29) is 17.4 Å². The van der Waals surface area contributed by atoms with Gasteiger partial charge in [-0.05, 0) is 6.07 Å². The van der Waals surface area contributed by atoms with Crippen LogP contribution in [0.15, 0.2) is 24.3 Å². The topological polar surface area (TPSA) is 103 Å². The minimum Gasteiger partial charge on any atom is 0 e. The third kappa shape index (κ3) is 11.0. The Balaban J connectivity index is -0.000000142. The summed E-state index contributed by atoms with van der Waals surface area (Å²) < 4.78 is 27.0. The van der Waals surface area contributed by atoms with Crippen molar-refractivity contribution in [2.75, 3.05) is 7.11 Å². The summed E-state index contributed by atoms with van der Waals surface area (Å²) in [6.07, 6.45) is 0.631. The van der Waals surface area contributed by atoms with Crippen LogP contribution >= 0.6 is 0 Å². The second-order valence-corrected chi connectivity index (χ2v) is 2.20. The van der Waals surface area contributed by atoms with E-state index in [1.807, 2.05) is 0 Å². The molecule has 19 heavy (non-hydrogen) atoms. The molecule has 0 saturated heterocycles. The number of carbonyl (C=O) groups is 2. The molecule has 0 spiro atoms. The quantitative estimate of drug-likeness (QED) is 0.354. The van der Waals surface area contributed by atoms with Crippen LogP contribution in [0.5, 0.6) is 0 Å². The average molecular weight is 300 g/mol. The molecule has 0 bridgehead atoms. The zero-order valence-corrected chi connectivity index (χ0v) is 11.0. The Bertz CT molecular complexity index is 407. The summed E-state index contributed by atoms with van der Waals surface area (Å²) in [5, 5.41) is 0. The fraction of sp³-hybridized carbons (Fsp3) is 0.0833. The first-order valence-electron chi connectivity index (χ1n) is 4.03. The van der Waals surface area contributed by atoms with Crippen molar-refractivity contribution >= 4 is 12.3 Å². The molecule has 1 rings (SSSR count). The number of hydrogen-bond donors (Lipinski definition) is 0. The molecule has 1 aromatic carbocycles. The normalized spacial score (nSPS) is 6.05. The zero-order chi connectivity index (χ0) is 15.0. The SMILES string of the molecule is COC(=O)c1ccccc1C=O.[C-]#[O+].[C-]#[O+].[C-]#[O+].[Cr]. The van der Waals surface area contributed by atoms with Gasteiger partial charge in [-0.15, -0.1) is 0 Å². The Labute approximate surface area is 121 Å². The molecule has 0 aliphatic heterocycles. The van der Waals surface area contributed by atoms with E-state index in [9.17, 15) is 9.59 Å². The van der Waals surface area contributed by atoms with Crippen molar-refractivity contribution < 1.29 is 45.6 Å². The average Bonchev–Trinajstić information content (AvgIpc) is 2.52. The molecule has 7 heteroatoms. The molecule has 0 aliphatic carbocycles. The standard InChI is InChI=1S/C9H8O3.3CO.Cr/c1-12-9(11)8-5-3-2-4-7(8)6-10;3*1-2;/h2-6H,1H3;;;;. The maximum absolute atomic E-state index is 11.0. The van der Waals surface area contributed by atoms with Gasteiger partial charge >= 0.3 is 39.9 Å². The number of carbonyl (C=O) groups excluding carboxylic acids is 2. The molecule has 1 aromatic rings. The molecule has 0 unspecified atom stereocenters. The fourth-order valence-corrected chi connectivity index (χ4v) is 0.896. The second kappa shape index (κ2) is 21.4. The van der Waals surface area contributed by atoms with E-state index in [2.05, 4.69) is 24.7 Å². The Kier molecular flexibility index (Phi) is 29.1. The summed E-state index contributed by atoms with van der Waals surface area (Å²) in [4.78, 5) is 21.5. The van der Waals surface area contributed by atoms with E-state index < -0.39 is 5.97 Å². The number of ether oxygens (including phenoxy) is 1. The summed E-state index contributed by atoms with van der Waals surface area (Å²) in [6.45, 7) is 13.5. The molecule has 0 fully saturated rings. The molecule has 0 radical (unpaired) electrons. The van der Waals surface area contributed by atoms with Gasteiger partial charge < -0.3 is 4.74 Å². The minimum atomic E-state index is -0.488. The van der Waals surface area contributed by atoms with Crippen LogP contribution in [0.3, 0.4) is 0 Å². The molecule has 0 N–H and O–H groups in total. The zero-order valence-electron chi connectivity index (χ0n) is 9.74. The first kappa shape index (κ1) is 25.8. The molecule has 0 saturated carbocycles. The third-order valence-corrected chi connectivity index (χ3v) is 1.49. The largest absolute Gasteiger partial charge is 0 e. The van der Waals surface area contributed by atoms with Crippen molar-refractivity contribution in [3.8, 4) is 0 Å². The first-order valence-corrected chi connectivity index (χ1v) is 4.03. The van der Waals surface area contributed by atoms with Crippen molar-refractivity contribution in [3.63, 3.8) is 0 Å². The second-order valence-electron chi connectivity index (χ2n) is 2.20. The van der Waals surface area contributed by atoms with Gasteiger partial charge in [-0.25, -0.2) is 4.79 Å². The molecular formula is C12H8CrO6. The van der Waals surface area contributed by atoms with Gasteiger partial charge in [0.1, 0.15) is 0 Å². The van der Waals surface area contributed by atoms with Gasteiger partial charge in [-0.3, -0.25) is 4.79 Å². The van der Waals surface area contributed by atoms with Gasteiger partial charge in [-0.1, -0.05) is 18.2 Å². The van der Waals surface area contributed by atoms with E-state index in [1.165, 1.54) is 7.11 Å². The van der Waals surface area contributed by atoms with Crippen molar-refractivity contribution in [3.05, 3.63) is 55.3 Å². The van der Waals surface area contributed by atoms with Crippen LogP contribution in [0.2, 0.25) is 0 Å². The monoisotopic (exact) mass is 300 g/mol. The molecule has 6 nitrogen and oxygen atoms in total. The maximum atomic E-state index is 11.0. The van der Waals surface area contributed by atoms with Crippen LogP contribution < -0.4 is 0 Å². The predicted molar refractivity (Wildman–Crippen MR) is 55.0 cm³/mol. The number of rotatable bonds is 2. The number of methoxy groups -OCH3 is 1. The number of benzene rings is 1. The van der Waals surface area contributed by atoms with Crippen LogP contribution in [0, 0.1) is 20.0 Å². The van der Waals surface area contributed by atoms with Gasteiger partial charge in [-0.2, -0.15) is 0 Å². The van der Waals surface area contributed by atoms with E-state index in [0.717, 1.165) is 0 Å². The van der Waals surface area contributed by atoms with Gasteiger partial charge in [0, 0.05) is 22.9 Å². The Hall–Kier alpha value is -1.89. The molecule has 0 heterocycles. The minimum absolute atomic E-state index is 0. The molecule has 0 aliphatic rings. The Morgan fingerprint density at radius 1 is 1.11 bits per heavy atom. The van der Waals surface area contributed by atoms with Crippen LogP contribution in [0.1, 0.15) is 20.7 Å². The van der Waals surface area contributed by atoms with E-state index in [0.29, 0.717) is 17.4 Å². The molecule has 0 aromatic heterocycles. The van der Waals surface area contributed by atoms with Crippen LogP contribution in [-0.4, -0.2) is 19.4 Å². The smallest absolute Gasteiger partial charge is 0 e. The summed E-state index contributed by atoms with van der Waals surface area (Å²) in [6, 6.07) is 6.49. The predicted octanol–water partition coefficient (Wildman–Crippen LogP) is 1.17. The Morgan fingerprint density at radius 3 is 1.89 bits per heavy atom. The fourth-order valence-electron chi connectivity index (χ4n) is 0.896. The van der Waals surface area contributed by atoms with Gasteiger partial charge in [0.2, 0.25) is 0 Å². The molecular weight excluding hydrogens is 292 g/mol. The van der Waals surface area contributed by atoms with Crippen molar-refractivity contribution in [2.45, 2.75) is 0 Å². The van der Waals surface area contributed by atoms with E-state index in [1.54, 1.807) is 24.3 Å². The number of aldehydes is 1. The van der Waals surface area contributed by atoms with Gasteiger partial charge in [0.25, 0.3) is 0 Å². The van der Waals surface area contributed by atoms with Gasteiger partial charge in [0.05, 0.1) is 12.7 Å². The summed E-state index contributed by atoms with van der Waals surface area (Å²) in [7, 11) is 1.28. The molecule has 0 atom stereocenters.